The van der Waals surface area contributed by atoms with Crippen molar-refractivity contribution in [1.29, 1.82) is 0 Å². The summed E-state index contributed by atoms with van der Waals surface area (Å²) in [5.41, 5.74) is 3.19. The van der Waals surface area contributed by atoms with Crippen molar-refractivity contribution in [2.24, 2.45) is 11.1 Å². The average molecular weight is 324 g/mol. The second-order valence-corrected chi connectivity index (χ2v) is 6.30. The molecule has 0 aromatic heterocycles. The Bertz CT molecular complexity index is 766. The smallest absolute Gasteiger partial charge is 0.335 e. The fourth-order valence-corrected chi connectivity index (χ4v) is 2.66. The van der Waals surface area contributed by atoms with Crippen LogP contribution in [0.25, 0.3) is 0 Å². The summed E-state index contributed by atoms with van der Waals surface area (Å²) in [7, 11) is 0. The number of amidine groups is 1. The number of carboxylic acids is 1. The van der Waals surface area contributed by atoms with Gasteiger partial charge in [0.2, 0.25) is 6.23 Å². The topological polar surface area (TPSA) is 70.9 Å². The molecular weight excluding hydrogens is 304 g/mol. The van der Waals surface area contributed by atoms with Gasteiger partial charge >= 0.3 is 5.97 Å². The molecule has 1 unspecified atom stereocenters. The van der Waals surface area contributed by atoms with Gasteiger partial charge in [0.25, 0.3) is 0 Å². The molecule has 0 radical (unpaired) electrons. The molecule has 1 heterocycles. The largest absolute Gasteiger partial charge is 0.478 e. The minimum absolute atomic E-state index is 0.221. The van der Waals surface area contributed by atoms with Crippen LogP contribution in [0.3, 0.4) is 0 Å². The molecule has 3 rings (SSSR count). The highest BCUT2D eigenvalue weighted by Crippen LogP contribution is 2.22. The molecule has 0 fully saturated rings. The predicted molar refractivity (Wildman–Crippen MR) is 91.9 cm³/mol. The average Bonchev–Trinajstić information content (AvgIpc) is 3.05. The van der Waals surface area contributed by atoms with Crippen molar-refractivity contribution in [2.75, 3.05) is 0 Å². The number of nitrogens with one attached hydrogen (secondary N) is 1. The van der Waals surface area contributed by atoms with Gasteiger partial charge in [-0.1, -0.05) is 55.4 Å². The van der Waals surface area contributed by atoms with Gasteiger partial charge in [0.1, 0.15) is 0 Å². The molecule has 0 aliphatic carbocycles. The van der Waals surface area contributed by atoms with Gasteiger partial charge < -0.3 is 15.3 Å². The van der Waals surface area contributed by atoms with E-state index in [0.29, 0.717) is 17.3 Å². The van der Waals surface area contributed by atoms with Crippen molar-refractivity contribution in [3.05, 3.63) is 70.8 Å². The molecule has 0 saturated carbocycles. The Morgan fingerprint density at radius 1 is 1.25 bits per heavy atom. The molecule has 124 valence electrons. The van der Waals surface area contributed by atoms with Gasteiger partial charge in [-0.2, -0.15) is 0 Å². The summed E-state index contributed by atoms with van der Waals surface area (Å²) in [5.74, 6) is 0.191. The van der Waals surface area contributed by atoms with Crippen LogP contribution in [0.1, 0.15) is 47.1 Å². The lowest BCUT2D eigenvalue weighted by Gasteiger charge is -2.12. The van der Waals surface area contributed by atoms with Crippen LogP contribution in [-0.2, 0) is 11.3 Å². The molecular formula is C19H20N2O3. The molecule has 0 amide bonds. The summed E-state index contributed by atoms with van der Waals surface area (Å²) in [4.78, 5) is 16.5. The second-order valence-electron chi connectivity index (χ2n) is 6.30. The lowest BCUT2D eigenvalue weighted by molar-refractivity contribution is 0.0696. The number of carboxylic acid groups (broad SMARTS) is 1. The first-order valence-corrected chi connectivity index (χ1v) is 7.96. The Kier molecular flexibility index (Phi) is 4.51. The molecule has 0 bridgehead atoms. The maximum absolute atomic E-state index is 11.1. The van der Waals surface area contributed by atoms with Crippen molar-refractivity contribution < 1.29 is 14.7 Å². The van der Waals surface area contributed by atoms with Gasteiger partial charge in [-0.25, -0.2) is 4.79 Å². The Morgan fingerprint density at radius 3 is 2.67 bits per heavy atom. The molecule has 24 heavy (non-hydrogen) atoms. The summed E-state index contributed by atoms with van der Waals surface area (Å²) in [6.45, 7) is 4.39. The fraction of sp³-hybridized carbons (Fsp3) is 0.263. The first kappa shape index (κ1) is 16.1. The quantitative estimate of drug-likeness (QED) is 0.882. The van der Waals surface area contributed by atoms with Crippen LogP contribution in [-0.4, -0.2) is 16.9 Å². The maximum Gasteiger partial charge on any atom is 0.335 e. The number of hydrogen-bond donors (Lipinski definition) is 2. The number of carbonyl (C=O) groups is 1. The zero-order valence-electron chi connectivity index (χ0n) is 13.7. The van der Waals surface area contributed by atoms with Crippen LogP contribution in [0.4, 0.5) is 0 Å². The number of oxime groups is 1. The van der Waals surface area contributed by atoms with E-state index in [1.807, 2.05) is 12.1 Å². The van der Waals surface area contributed by atoms with Crippen LogP contribution >= 0.6 is 0 Å². The Labute approximate surface area is 141 Å². The van der Waals surface area contributed by atoms with Crippen molar-refractivity contribution in [1.82, 2.24) is 5.32 Å². The summed E-state index contributed by atoms with van der Waals surface area (Å²) in [5, 5.41) is 16.3. The number of benzene rings is 2. The van der Waals surface area contributed by atoms with Crippen molar-refractivity contribution in [2.45, 2.75) is 26.5 Å². The number of aromatic carboxylic acids is 1. The SMILES string of the molecule is CC(C)Cc1ccc(C2NC(c3cccc(C(=O)O)c3)=NO2)cc1. The van der Waals surface area contributed by atoms with E-state index in [9.17, 15) is 4.79 Å². The van der Waals surface area contributed by atoms with E-state index in [1.54, 1.807) is 24.3 Å². The number of rotatable bonds is 5. The summed E-state index contributed by atoms with van der Waals surface area (Å²) < 4.78 is 0. The normalized spacial score (nSPS) is 16.5. The highest BCUT2D eigenvalue weighted by atomic mass is 16.7. The third-order valence-corrected chi connectivity index (χ3v) is 3.83. The van der Waals surface area contributed by atoms with E-state index in [2.05, 4.69) is 36.5 Å². The summed E-state index contributed by atoms with van der Waals surface area (Å²) in [6.07, 6.45) is 0.685. The van der Waals surface area contributed by atoms with Gasteiger partial charge in [-0.15, -0.1) is 0 Å². The highest BCUT2D eigenvalue weighted by molar-refractivity contribution is 6.01. The van der Waals surface area contributed by atoms with E-state index >= 15 is 0 Å². The van der Waals surface area contributed by atoms with Gasteiger partial charge in [0.05, 0.1) is 5.56 Å². The number of hydrogen-bond acceptors (Lipinski definition) is 4. The van der Waals surface area contributed by atoms with Crippen molar-refractivity contribution in [3.8, 4) is 0 Å². The minimum Gasteiger partial charge on any atom is -0.478 e. The van der Waals surface area contributed by atoms with E-state index in [-0.39, 0.29) is 11.8 Å². The monoisotopic (exact) mass is 324 g/mol. The first-order chi connectivity index (χ1) is 11.5. The Morgan fingerprint density at radius 2 is 2.00 bits per heavy atom. The zero-order chi connectivity index (χ0) is 17.1. The van der Waals surface area contributed by atoms with E-state index in [0.717, 1.165) is 12.0 Å². The summed E-state index contributed by atoms with van der Waals surface area (Å²) >= 11 is 0. The Balaban J connectivity index is 1.70. The predicted octanol–water partition coefficient (Wildman–Crippen LogP) is 3.56. The van der Waals surface area contributed by atoms with Crippen molar-refractivity contribution >= 4 is 11.8 Å². The molecule has 1 aliphatic heterocycles. The van der Waals surface area contributed by atoms with Crippen LogP contribution in [0.5, 0.6) is 0 Å². The molecule has 2 N–H and O–H groups in total. The Hall–Kier alpha value is -2.82. The molecule has 0 spiro atoms. The molecule has 1 aliphatic rings. The van der Waals surface area contributed by atoms with Crippen LogP contribution in [0, 0.1) is 5.92 Å². The standard InChI is InChI=1S/C19H20N2O3/c1-12(2)10-13-6-8-14(9-7-13)18-20-17(21-24-18)15-4-3-5-16(11-15)19(22)23/h3-9,11-12,18H,10H2,1-2H3,(H,20,21)(H,22,23). The highest BCUT2D eigenvalue weighted by Gasteiger charge is 2.22. The van der Waals surface area contributed by atoms with Crippen LogP contribution in [0.2, 0.25) is 0 Å². The molecule has 2 aromatic carbocycles. The van der Waals surface area contributed by atoms with E-state index in [1.165, 1.54) is 5.56 Å². The molecule has 0 saturated heterocycles. The molecule has 2 aromatic rings. The molecule has 5 heteroatoms. The third-order valence-electron chi connectivity index (χ3n) is 3.83. The van der Waals surface area contributed by atoms with E-state index < -0.39 is 5.97 Å². The maximum atomic E-state index is 11.1. The minimum atomic E-state index is -0.964. The van der Waals surface area contributed by atoms with Gasteiger partial charge in [-0.3, -0.25) is 0 Å². The van der Waals surface area contributed by atoms with Crippen LogP contribution in [0.15, 0.2) is 53.7 Å². The van der Waals surface area contributed by atoms with E-state index in [4.69, 9.17) is 9.94 Å². The lowest BCUT2D eigenvalue weighted by Crippen LogP contribution is -2.23. The molecule has 5 nitrogen and oxygen atoms in total. The zero-order valence-corrected chi connectivity index (χ0v) is 13.7. The van der Waals surface area contributed by atoms with Gasteiger partial charge in [0, 0.05) is 11.1 Å². The first-order valence-electron chi connectivity index (χ1n) is 7.96. The van der Waals surface area contributed by atoms with Gasteiger partial charge in [0.15, 0.2) is 5.84 Å². The lowest BCUT2D eigenvalue weighted by atomic mass is 10.0. The van der Waals surface area contributed by atoms with Crippen LogP contribution < -0.4 is 5.32 Å². The fourth-order valence-electron chi connectivity index (χ4n) is 2.66. The summed E-state index contributed by atoms with van der Waals surface area (Å²) in [6, 6.07) is 14.9. The van der Waals surface area contributed by atoms with Crippen molar-refractivity contribution in [3.63, 3.8) is 0 Å². The molecule has 1 atom stereocenters. The van der Waals surface area contributed by atoms with Gasteiger partial charge in [-0.05, 0) is 30.0 Å². The third kappa shape index (κ3) is 3.56. The number of nitrogens with zero attached hydrogens (tertiary/aromatic N) is 1. The second kappa shape index (κ2) is 6.74.